The third kappa shape index (κ3) is 2.63. The molecule has 6 nitrogen and oxygen atoms in total. The zero-order valence-corrected chi connectivity index (χ0v) is 10.7. The van der Waals surface area contributed by atoms with E-state index in [-0.39, 0.29) is 17.1 Å². The van der Waals surface area contributed by atoms with Gasteiger partial charge in [0, 0.05) is 11.1 Å². The summed E-state index contributed by atoms with van der Waals surface area (Å²) in [5.74, 6) is 0.374. The lowest BCUT2D eigenvalue weighted by molar-refractivity contribution is 0.110. The van der Waals surface area contributed by atoms with Gasteiger partial charge in [0.2, 0.25) is 5.90 Å². The largest absolute Gasteiger partial charge is 0.489 e. The molecule has 0 aliphatic rings. The number of methoxy groups -OCH3 is 1. The molecule has 0 radical (unpaired) electrons. The molecule has 3 N–H and O–H groups in total. The van der Waals surface area contributed by atoms with Crippen molar-refractivity contribution in [1.82, 2.24) is 0 Å². The molecule has 0 unspecified atom stereocenters. The lowest BCUT2D eigenvalue weighted by Crippen LogP contribution is -2.31. The number of carbonyl (C=O) groups is 1. The van der Waals surface area contributed by atoms with Gasteiger partial charge in [0.15, 0.2) is 12.0 Å². The molecule has 0 bridgehead atoms. The van der Waals surface area contributed by atoms with Crippen LogP contribution in [0.4, 0.5) is 0 Å². The lowest BCUT2D eigenvalue weighted by Gasteiger charge is -2.09. The smallest absolute Gasteiger partial charge is 0.481 e. The van der Waals surface area contributed by atoms with Crippen molar-refractivity contribution in [3.05, 3.63) is 41.7 Å². The second-order valence-corrected chi connectivity index (χ2v) is 4.03. The molecule has 0 aliphatic carbocycles. The summed E-state index contributed by atoms with van der Waals surface area (Å²) >= 11 is 0. The fraction of sp³-hybridized carbons (Fsp3) is 0.0769. The Morgan fingerprint density at radius 2 is 2.10 bits per heavy atom. The standard InChI is InChI=1S/C13H12BNO5/c1-19-13(15)8-2-4-11(14(17)18)10(6-8)12-5-3-9(7-16)20-12/h2-7,15,17-18H,1H3. The van der Waals surface area contributed by atoms with E-state index in [9.17, 15) is 14.8 Å². The molecular formula is C13H12BNO5. The Labute approximate surface area is 115 Å². The minimum atomic E-state index is -1.69. The Morgan fingerprint density at radius 1 is 1.35 bits per heavy atom. The molecule has 0 fully saturated rings. The number of carbonyl (C=O) groups excluding carboxylic acids is 1. The van der Waals surface area contributed by atoms with Crippen LogP contribution in [0, 0.1) is 5.41 Å². The van der Waals surface area contributed by atoms with Gasteiger partial charge in [0.25, 0.3) is 0 Å². The van der Waals surface area contributed by atoms with E-state index < -0.39 is 7.12 Å². The monoisotopic (exact) mass is 273 g/mol. The highest BCUT2D eigenvalue weighted by Crippen LogP contribution is 2.22. The van der Waals surface area contributed by atoms with Crippen molar-refractivity contribution in [2.24, 2.45) is 0 Å². The van der Waals surface area contributed by atoms with Crippen molar-refractivity contribution in [3.63, 3.8) is 0 Å². The van der Waals surface area contributed by atoms with Crippen LogP contribution in [0.25, 0.3) is 11.3 Å². The molecule has 1 heterocycles. The fourth-order valence-electron chi connectivity index (χ4n) is 1.81. The molecular weight excluding hydrogens is 261 g/mol. The van der Waals surface area contributed by atoms with Crippen LogP contribution in [0.5, 0.6) is 0 Å². The topological polar surface area (TPSA) is 104 Å². The summed E-state index contributed by atoms with van der Waals surface area (Å²) in [6.45, 7) is 0. The minimum Gasteiger partial charge on any atom is -0.481 e. The minimum absolute atomic E-state index is 0.0626. The number of furan rings is 1. The van der Waals surface area contributed by atoms with Crippen LogP contribution < -0.4 is 5.46 Å². The van der Waals surface area contributed by atoms with Crippen LogP contribution in [0.1, 0.15) is 16.1 Å². The van der Waals surface area contributed by atoms with Gasteiger partial charge in [-0.1, -0.05) is 6.07 Å². The van der Waals surface area contributed by atoms with Crippen LogP contribution in [-0.2, 0) is 4.74 Å². The van der Waals surface area contributed by atoms with Gasteiger partial charge in [-0.2, -0.15) is 0 Å². The van der Waals surface area contributed by atoms with Gasteiger partial charge in [0.05, 0.1) is 7.11 Å². The molecule has 7 heteroatoms. The maximum absolute atomic E-state index is 10.6. The lowest BCUT2D eigenvalue weighted by atomic mass is 9.76. The highest BCUT2D eigenvalue weighted by Gasteiger charge is 2.20. The highest BCUT2D eigenvalue weighted by molar-refractivity contribution is 6.60. The summed E-state index contributed by atoms with van der Waals surface area (Å²) < 4.78 is 10.1. The molecule has 20 heavy (non-hydrogen) atoms. The third-order valence-electron chi connectivity index (χ3n) is 2.81. The third-order valence-corrected chi connectivity index (χ3v) is 2.81. The number of aldehydes is 1. The maximum Gasteiger partial charge on any atom is 0.489 e. The molecule has 0 spiro atoms. The van der Waals surface area contributed by atoms with Gasteiger partial charge < -0.3 is 19.2 Å². The van der Waals surface area contributed by atoms with Gasteiger partial charge in [-0.25, -0.2) is 0 Å². The number of hydrogen-bond acceptors (Lipinski definition) is 6. The normalized spacial score (nSPS) is 10.2. The van der Waals surface area contributed by atoms with Crippen molar-refractivity contribution in [2.45, 2.75) is 0 Å². The van der Waals surface area contributed by atoms with Crippen LogP contribution in [-0.4, -0.2) is 36.5 Å². The first-order chi connectivity index (χ1) is 9.56. The molecule has 1 aromatic heterocycles. The molecule has 102 valence electrons. The quantitative estimate of drug-likeness (QED) is 0.324. The zero-order chi connectivity index (χ0) is 14.7. The van der Waals surface area contributed by atoms with E-state index >= 15 is 0 Å². The Morgan fingerprint density at radius 3 is 2.65 bits per heavy atom. The molecule has 0 aliphatic heterocycles. The van der Waals surface area contributed by atoms with E-state index in [4.69, 9.17) is 14.6 Å². The average molecular weight is 273 g/mol. The van der Waals surface area contributed by atoms with E-state index in [0.29, 0.717) is 23.2 Å². The van der Waals surface area contributed by atoms with E-state index in [2.05, 4.69) is 0 Å². The number of ether oxygens (including phenoxy) is 1. The van der Waals surface area contributed by atoms with E-state index in [1.165, 1.54) is 31.4 Å². The van der Waals surface area contributed by atoms with Crippen molar-refractivity contribution >= 4 is 24.8 Å². The first-order valence-electron chi connectivity index (χ1n) is 5.75. The van der Waals surface area contributed by atoms with Crippen molar-refractivity contribution < 1.29 is 24.0 Å². The van der Waals surface area contributed by atoms with Gasteiger partial charge in [0.1, 0.15) is 5.76 Å². The van der Waals surface area contributed by atoms with E-state index in [0.717, 1.165) is 0 Å². The summed E-state index contributed by atoms with van der Waals surface area (Å²) in [5.41, 5.74) is 1.05. The summed E-state index contributed by atoms with van der Waals surface area (Å²) in [5, 5.41) is 26.4. The zero-order valence-electron chi connectivity index (χ0n) is 10.7. The van der Waals surface area contributed by atoms with Crippen LogP contribution >= 0.6 is 0 Å². The molecule has 0 atom stereocenters. The van der Waals surface area contributed by atoms with Crippen molar-refractivity contribution in [3.8, 4) is 11.3 Å². The van der Waals surface area contributed by atoms with Crippen molar-refractivity contribution in [2.75, 3.05) is 7.11 Å². The summed E-state index contributed by atoms with van der Waals surface area (Å²) in [6, 6.07) is 7.56. The Kier molecular flexibility index (Phi) is 4.02. The molecule has 0 saturated carbocycles. The van der Waals surface area contributed by atoms with E-state index in [1.54, 1.807) is 6.07 Å². The molecule has 2 rings (SSSR count). The summed E-state index contributed by atoms with van der Waals surface area (Å²) in [6.07, 6.45) is 0.555. The number of nitrogens with one attached hydrogen (secondary N) is 1. The van der Waals surface area contributed by atoms with E-state index in [1.807, 2.05) is 0 Å². The average Bonchev–Trinajstić information content (AvgIpc) is 2.94. The second kappa shape index (κ2) is 5.73. The van der Waals surface area contributed by atoms with Crippen molar-refractivity contribution in [1.29, 1.82) is 5.41 Å². The van der Waals surface area contributed by atoms with Crippen LogP contribution in [0.2, 0.25) is 0 Å². The molecule has 0 saturated heterocycles. The molecule has 0 amide bonds. The Bertz CT molecular complexity index is 650. The first-order valence-corrected chi connectivity index (χ1v) is 5.75. The van der Waals surface area contributed by atoms with Gasteiger partial charge >= 0.3 is 7.12 Å². The van der Waals surface area contributed by atoms with Gasteiger partial charge in [-0.05, 0) is 29.7 Å². The van der Waals surface area contributed by atoms with Crippen LogP contribution in [0.15, 0.2) is 34.7 Å². The van der Waals surface area contributed by atoms with Gasteiger partial charge in [-0.3, -0.25) is 10.2 Å². The summed E-state index contributed by atoms with van der Waals surface area (Å²) in [7, 11) is -0.325. The van der Waals surface area contributed by atoms with Gasteiger partial charge in [-0.15, -0.1) is 0 Å². The second-order valence-electron chi connectivity index (χ2n) is 4.03. The molecule has 1 aromatic carbocycles. The summed E-state index contributed by atoms with van der Waals surface area (Å²) in [4.78, 5) is 10.6. The number of hydrogen-bond donors (Lipinski definition) is 3. The fourth-order valence-corrected chi connectivity index (χ4v) is 1.81. The highest BCUT2D eigenvalue weighted by atomic mass is 16.5. The SMILES string of the molecule is COC(=N)c1ccc(B(O)O)c(-c2ccc(C=O)o2)c1. The Hall–Kier alpha value is -2.38. The molecule has 2 aromatic rings. The number of rotatable bonds is 4. The predicted octanol–water partition coefficient (Wildman–Crippen LogP) is 0.411. The van der Waals surface area contributed by atoms with Crippen LogP contribution in [0.3, 0.4) is 0 Å². The Balaban J connectivity index is 2.57. The number of benzene rings is 1. The first kappa shape index (κ1) is 14.0. The predicted molar refractivity (Wildman–Crippen MR) is 73.2 cm³/mol. The maximum atomic E-state index is 10.6.